The zero-order chi connectivity index (χ0) is 27.7. The molecule has 0 atom stereocenters. The van der Waals surface area contributed by atoms with Gasteiger partial charge in [0.05, 0.1) is 18.4 Å². The van der Waals surface area contributed by atoms with E-state index in [1.54, 1.807) is 26.3 Å². The Hall–Kier alpha value is -3.11. The quantitative estimate of drug-likeness (QED) is 0.593. The largest absolute Gasteiger partial charge is 0.496 e. The third-order valence-electron chi connectivity index (χ3n) is 8.20. The molecule has 3 aliphatic rings. The molecule has 0 saturated carbocycles. The molecule has 1 aromatic carbocycles. The smallest absolute Gasteiger partial charge is 0.416 e. The fourth-order valence-corrected chi connectivity index (χ4v) is 5.97. The average Bonchev–Trinajstić information content (AvgIpc) is 3.38. The highest BCUT2D eigenvalue weighted by Crippen LogP contribution is 2.43. The summed E-state index contributed by atoms with van der Waals surface area (Å²) in [6, 6.07) is 7.62. The maximum atomic E-state index is 13.5. The van der Waals surface area contributed by atoms with E-state index in [1.807, 2.05) is 17.0 Å². The highest BCUT2D eigenvalue weighted by molar-refractivity contribution is 5.95. The number of hydrogen-bond acceptors (Lipinski definition) is 6. The number of likely N-dealkylation sites (N-methyl/N-ethyl adjacent to an activating group) is 1. The molecule has 3 heterocycles. The number of nitrogens with zero attached hydrogens (tertiary/aromatic N) is 4. The van der Waals surface area contributed by atoms with E-state index in [0.29, 0.717) is 40.9 Å². The number of methoxy groups -OCH3 is 1. The van der Waals surface area contributed by atoms with E-state index in [1.165, 1.54) is 6.08 Å². The molecule has 0 radical (unpaired) electrons. The number of likely N-dealkylation sites (tertiary alicyclic amines) is 1. The summed E-state index contributed by atoms with van der Waals surface area (Å²) in [5.74, 6) is 0.561. The number of allylic oxidation sites excluding steroid dienone is 2. The van der Waals surface area contributed by atoms with Gasteiger partial charge in [-0.25, -0.2) is 0 Å². The zero-order valence-electron chi connectivity index (χ0n) is 22.8. The normalized spacial score (nSPS) is 19.1. The van der Waals surface area contributed by atoms with Gasteiger partial charge in [-0.15, -0.1) is 0 Å². The number of aromatic nitrogens is 1. The van der Waals surface area contributed by atoms with E-state index in [4.69, 9.17) is 4.74 Å². The minimum absolute atomic E-state index is 0.00411. The van der Waals surface area contributed by atoms with Crippen LogP contribution in [0.25, 0.3) is 5.57 Å². The fourth-order valence-electron chi connectivity index (χ4n) is 5.97. The Morgan fingerprint density at radius 3 is 2.46 bits per heavy atom. The van der Waals surface area contributed by atoms with Crippen LogP contribution in [0.5, 0.6) is 5.75 Å². The summed E-state index contributed by atoms with van der Waals surface area (Å²) >= 11 is 0. The van der Waals surface area contributed by atoms with E-state index in [0.717, 1.165) is 57.7 Å². The minimum Gasteiger partial charge on any atom is -0.496 e. The first-order chi connectivity index (χ1) is 18.7. The third kappa shape index (κ3) is 5.77. The molecule has 7 nitrogen and oxygen atoms in total. The van der Waals surface area contributed by atoms with Crippen LogP contribution in [0.1, 0.15) is 45.7 Å². The van der Waals surface area contributed by atoms with Crippen LogP contribution in [0.4, 0.5) is 18.9 Å². The Morgan fingerprint density at radius 1 is 1.10 bits per heavy atom. The molecule has 2 aliphatic heterocycles. The van der Waals surface area contributed by atoms with Gasteiger partial charge in [-0.2, -0.15) is 13.2 Å². The van der Waals surface area contributed by atoms with Crippen LogP contribution in [0, 0.1) is 0 Å². The van der Waals surface area contributed by atoms with Crippen LogP contribution in [0.2, 0.25) is 0 Å². The van der Waals surface area contributed by atoms with Gasteiger partial charge < -0.3 is 19.9 Å². The number of nitrogens with one attached hydrogen (secondary N) is 1. The van der Waals surface area contributed by atoms with E-state index in [-0.39, 0.29) is 17.9 Å². The number of ether oxygens (including phenoxy) is 1. The standard InChI is InChI=1S/C29H36F3N5O2/c1-33-25-18-21(34-24-7-6-23(27(24)25)29(30,31)32)16-19-4-5-20(17-26(19)39-3)28(38)37-10-8-22(9-11-37)36-14-12-35(2)13-15-36/h4-6,17-18,22H,7-16H2,1-3H3,(H,33,34). The van der Waals surface area contributed by atoms with Crippen LogP contribution in [0.3, 0.4) is 0 Å². The van der Waals surface area contributed by atoms with Crippen LogP contribution >= 0.6 is 0 Å². The van der Waals surface area contributed by atoms with Crippen molar-refractivity contribution in [3.63, 3.8) is 0 Å². The minimum atomic E-state index is -4.43. The number of anilines is 1. The molecule has 0 spiro atoms. The van der Waals surface area contributed by atoms with Crippen molar-refractivity contribution in [3.8, 4) is 5.75 Å². The van der Waals surface area contributed by atoms with Gasteiger partial charge in [0.1, 0.15) is 5.75 Å². The molecule has 2 saturated heterocycles. The number of pyridine rings is 1. The first-order valence-electron chi connectivity index (χ1n) is 13.5. The summed E-state index contributed by atoms with van der Waals surface area (Å²) in [5.41, 5.74) is 2.33. The number of piperidine rings is 1. The summed E-state index contributed by atoms with van der Waals surface area (Å²) in [4.78, 5) is 24.7. The highest BCUT2D eigenvalue weighted by Gasteiger charge is 2.40. The Balaban J connectivity index is 1.27. The number of carbonyl (C=O) groups excluding carboxylic acids is 1. The molecule has 10 heteroatoms. The third-order valence-corrected chi connectivity index (χ3v) is 8.20. The van der Waals surface area contributed by atoms with Crippen LogP contribution < -0.4 is 10.1 Å². The van der Waals surface area contributed by atoms with Gasteiger partial charge in [-0.3, -0.25) is 14.7 Å². The lowest BCUT2D eigenvalue weighted by Crippen LogP contribution is -2.52. The second kappa shape index (κ2) is 11.2. The van der Waals surface area contributed by atoms with Crippen molar-refractivity contribution in [1.29, 1.82) is 0 Å². The van der Waals surface area contributed by atoms with Crippen molar-refractivity contribution in [2.75, 3.05) is 65.8 Å². The average molecular weight is 544 g/mol. The SMILES string of the molecule is CNc1cc(Cc2ccc(C(=O)N3CCC(N4CCN(C)CC4)CC3)cc2OC)nc2c1C(C(F)(F)F)=CC2. The number of amides is 1. The van der Waals surface area contributed by atoms with Crippen molar-refractivity contribution < 1.29 is 22.7 Å². The summed E-state index contributed by atoms with van der Waals surface area (Å²) in [6.45, 7) is 5.83. The molecule has 2 fully saturated rings. The second-order valence-electron chi connectivity index (χ2n) is 10.6. The van der Waals surface area contributed by atoms with Gasteiger partial charge in [-0.1, -0.05) is 12.1 Å². The van der Waals surface area contributed by atoms with E-state index in [2.05, 4.69) is 27.1 Å². The number of rotatable bonds is 6. The maximum absolute atomic E-state index is 13.5. The van der Waals surface area contributed by atoms with E-state index < -0.39 is 11.7 Å². The summed E-state index contributed by atoms with van der Waals surface area (Å²) < 4.78 is 46.1. The Morgan fingerprint density at radius 2 is 1.82 bits per heavy atom. The second-order valence-corrected chi connectivity index (χ2v) is 10.6. The topological polar surface area (TPSA) is 60.9 Å². The number of hydrogen-bond donors (Lipinski definition) is 1. The van der Waals surface area contributed by atoms with E-state index >= 15 is 0 Å². The first kappa shape index (κ1) is 27.5. The predicted molar refractivity (Wildman–Crippen MR) is 145 cm³/mol. The number of benzene rings is 1. The molecule has 0 bridgehead atoms. The lowest BCUT2D eigenvalue weighted by molar-refractivity contribution is -0.0687. The molecule has 2 aromatic rings. The van der Waals surface area contributed by atoms with Crippen molar-refractivity contribution >= 4 is 17.2 Å². The Labute approximate surface area is 227 Å². The molecule has 1 N–H and O–H groups in total. The van der Waals surface area contributed by atoms with Crippen molar-refractivity contribution in [2.24, 2.45) is 0 Å². The summed E-state index contributed by atoms with van der Waals surface area (Å²) in [5, 5.41) is 2.90. The van der Waals surface area contributed by atoms with Gasteiger partial charge in [-0.05, 0) is 38.1 Å². The number of piperazine rings is 1. The monoisotopic (exact) mass is 543 g/mol. The highest BCUT2D eigenvalue weighted by atomic mass is 19.4. The Bertz CT molecular complexity index is 1250. The molecular weight excluding hydrogens is 507 g/mol. The predicted octanol–water partition coefficient (Wildman–Crippen LogP) is 4.08. The number of fused-ring (bicyclic) bond motifs is 1. The van der Waals surface area contributed by atoms with Crippen molar-refractivity contribution in [1.82, 2.24) is 19.7 Å². The lowest BCUT2D eigenvalue weighted by atomic mass is 9.99. The summed E-state index contributed by atoms with van der Waals surface area (Å²) in [6.07, 6.45) is -0.760. The molecule has 0 unspecified atom stereocenters. The van der Waals surface area contributed by atoms with Crippen molar-refractivity contribution in [3.05, 3.63) is 58.4 Å². The van der Waals surface area contributed by atoms with Gasteiger partial charge in [0.2, 0.25) is 0 Å². The van der Waals surface area contributed by atoms with Crippen LogP contribution in [0.15, 0.2) is 30.3 Å². The Kier molecular flexibility index (Phi) is 7.87. The lowest BCUT2D eigenvalue weighted by Gasteiger charge is -2.42. The van der Waals surface area contributed by atoms with Crippen LogP contribution in [-0.4, -0.2) is 98.3 Å². The molecule has 1 amide bonds. The summed E-state index contributed by atoms with van der Waals surface area (Å²) in [7, 11) is 5.33. The van der Waals surface area contributed by atoms with Gasteiger partial charge >= 0.3 is 6.18 Å². The van der Waals surface area contributed by atoms with Gasteiger partial charge in [0.25, 0.3) is 5.91 Å². The molecule has 39 heavy (non-hydrogen) atoms. The van der Waals surface area contributed by atoms with E-state index in [9.17, 15) is 18.0 Å². The zero-order valence-corrected chi connectivity index (χ0v) is 22.8. The number of halogens is 3. The molecule has 5 rings (SSSR count). The van der Waals surface area contributed by atoms with Crippen LogP contribution in [-0.2, 0) is 12.8 Å². The first-order valence-corrected chi connectivity index (χ1v) is 13.5. The van der Waals surface area contributed by atoms with Gasteiger partial charge in [0, 0.05) is 93.3 Å². The molecule has 1 aromatic heterocycles. The van der Waals surface area contributed by atoms with Crippen molar-refractivity contribution in [2.45, 2.75) is 37.9 Å². The number of alkyl halides is 3. The fraction of sp³-hybridized carbons (Fsp3) is 0.517. The van der Waals surface area contributed by atoms with Gasteiger partial charge in [0.15, 0.2) is 0 Å². The maximum Gasteiger partial charge on any atom is 0.416 e. The molecular formula is C29H36F3N5O2. The molecule has 1 aliphatic carbocycles. The number of carbonyl (C=O) groups is 1. The molecule has 210 valence electrons.